The van der Waals surface area contributed by atoms with Crippen LogP contribution in [0.25, 0.3) is 0 Å². The lowest BCUT2D eigenvalue weighted by molar-refractivity contribution is -0.907. The number of rotatable bonds is 7. The van der Waals surface area contributed by atoms with Crippen LogP contribution in [0, 0.1) is 0 Å². The van der Waals surface area contributed by atoms with Gasteiger partial charge >= 0.3 is 11.9 Å². The van der Waals surface area contributed by atoms with Crippen LogP contribution in [0.2, 0.25) is 0 Å². The normalized spacial score (nSPS) is 25.8. The highest BCUT2D eigenvalue weighted by atomic mass is 16.4. The van der Waals surface area contributed by atoms with Gasteiger partial charge in [-0.3, -0.25) is 9.69 Å². The number of nitrogens with one attached hydrogen (secondary N) is 1. The number of carbonyl (C=O) groups excluding carboxylic acids is 1. The molecule has 1 unspecified atom stereocenters. The van der Waals surface area contributed by atoms with Crippen molar-refractivity contribution in [3.05, 3.63) is 35.9 Å². The summed E-state index contributed by atoms with van der Waals surface area (Å²) in [4.78, 5) is 27.2. The SMILES string of the molecule is C[N+](NCC(=O)O)(C(=O)Cc1ccccc1)[C@@H]1CCCC[C@H]1N1CCCC1. The molecule has 0 spiro atoms. The zero-order valence-corrected chi connectivity index (χ0v) is 16.3. The second-order valence-electron chi connectivity index (χ2n) is 8.02. The number of carboxylic acid groups (broad SMARTS) is 1. The minimum Gasteiger partial charge on any atom is -0.480 e. The molecule has 1 saturated heterocycles. The number of nitrogens with zero attached hydrogens (tertiary/aromatic N) is 2. The van der Waals surface area contributed by atoms with E-state index < -0.39 is 5.97 Å². The Labute approximate surface area is 161 Å². The second-order valence-corrected chi connectivity index (χ2v) is 8.02. The molecular formula is C21H32N3O3+. The number of aliphatic carboxylic acids is 1. The topological polar surface area (TPSA) is 69.6 Å². The van der Waals surface area contributed by atoms with Crippen molar-refractivity contribution in [1.29, 1.82) is 0 Å². The lowest BCUT2D eigenvalue weighted by Gasteiger charge is -2.46. The van der Waals surface area contributed by atoms with Crippen molar-refractivity contribution >= 4 is 11.9 Å². The van der Waals surface area contributed by atoms with Crippen molar-refractivity contribution < 1.29 is 19.3 Å². The summed E-state index contributed by atoms with van der Waals surface area (Å²) in [5.41, 5.74) is 4.07. The van der Waals surface area contributed by atoms with Gasteiger partial charge in [-0.2, -0.15) is 4.59 Å². The Bertz CT molecular complexity index is 645. The zero-order valence-electron chi connectivity index (χ0n) is 16.3. The smallest absolute Gasteiger partial charge is 0.337 e. The minimum absolute atomic E-state index is 0.00234. The molecule has 2 aliphatic rings. The summed E-state index contributed by atoms with van der Waals surface area (Å²) in [6, 6.07) is 10.2. The van der Waals surface area contributed by atoms with Crippen molar-refractivity contribution in [3.63, 3.8) is 0 Å². The van der Waals surface area contributed by atoms with Crippen LogP contribution in [-0.4, -0.2) is 65.2 Å². The molecule has 2 N–H and O–H groups in total. The van der Waals surface area contributed by atoms with Crippen LogP contribution in [0.15, 0.2) is 30.3 Å². The maximum absolute atomic E-state index is 13.4. The maximum Gasteiger partial charge on any atom is 0.337 e. The first-order valence-electron chi connectivity index (χ1n) is 10.1. The number of hydrogen-bond donors (Lipinski definition) is 2. The van der Waals surface area contributed by atoms with Gasteiger partial charge in [-0.25, -0.2) is 4.79 Å². The summed E-state index contributed by atoms with van der Waals surface area (Å²) in [7, 11) is 1.88. The van der Waals surface area contributed by atoms with E-state index in [9.17, 15) is 14.7 Å². The fourth-order valence-electron chi connectivity index (χ4n) is 4.75. The van der Waals surface area contributed by atoms with E-state index in [4.69, 9.17) is 0 Å². The Morgan fingerprint density at radius 1 is 1.11 bits per heavy atom. The Morgan fingerprint density at radius 3 is 2.44 bits per heavy atom. The fraction of sp³-hybridized carbons (Fsp3) is 0.619. The summed E-state index contributed by atoms with van der Waals surface area (Å²) in [6.45, 7) is 1.97. The largest absolute Gasteiger partial charge is 0.480 e. The molecule has 3 atom stereocenters. The number of hydrogen-bond acceptors (Lipinski definition) is 4. The van der Waals surface area contributed by atoms with Crippen molar-refractivity contribution in [2.45, 2.75) is 57.0 Å². The molecule has 0 radical (unpaired) electrons. The predicted molar refractivity (Wildman–Crippen MR) is 104 cm³/mol. The average molecular weight is 375 g/mol. The van der Waals surface area contributed by atoms with E-state index in [1.54, 1.807) is 0 Å². The van der Waals surface area contributed by atoms with Crippen LogP contribution < -0.4 is 5.43 Å². The minimum atomic E-state index is -0.930. The van der Waals surface area contributed by atoms with Crippen molar-refractivity contribution in [1.82, 2.24) is 10.3 Å². The van der Waals surface area contributed by atoms with Gasteiger partial charge in [0.05, 0.1) is 19.5 Å². The number of amides is 1. The van der Waals surface area contributed by atoms with Gasteiger partial charge in [-0.15, -0.1) is 5.43 Å². The molecule has 148 valence electrons. The molecule has 1 aromatic rings. The molecule has 6 nitrogen and oxygen atoms in total. The average Bonchev–Trinajstić information content (AvgIpc) is 3.21. The molecule has 1 saturated carbocycles. The number of likely N-dealkylation sites (N-methyl/N-ethyl adjacent to an activating group) is 1. The molecular weight excluding hydrogens is 342 g/mol. The lowest BCUT2D eigenvalue weighted by atomic mass is 9.87. The standard InChI is InChI=1S/C21H31N3O3/c1-24(22-16-21(26)27,20(25)15-17-9-3-2-4-10-17)19-12-6-5-11-18(19)23-13-7-8-14-23/h2-4,9-10,18-19,22H,5-8,11-16H2,1H3/p+1/t18-,19-,24?/m1/s1. The summed E-state index contributed by atoms with van der Waals surface area (Å²) in [5, 5.41) is 9.23. The van der Waals surface area contributed by atoms with Crippen LogP contribution in [0.3, 0.4) is 0 Å². The first-order chi connectivity index (χ1) is 13.0. The van der Waals surface area contributed by atoms with E-state index >= 15 is 0 Å². The number of quaternary nitrogens is 1. The van der Waals surface area contributed by atoms with Crippen molar-refractivity contribution in [2.24, 2.45) is 0 Å². The quantitative estimate of drug-likeness (QED) is 0.566. The lowest BCUT2D eigenvalue weighted by Crippen LogP contribution is -2.71. The molecule has 27 heavy (non-hydrogen) atoms. The molecule has 0 bridgehead atoms. The van der Waals surface area contributed by atoms with E-state index in [1.165, 1.54) is 19.3 Å². The van der Waals surface area contributed by atoms with E-state index in [-0.39, 0.29) is 23.1 Å². The molecule has 1 aromatic carbocycles. The fourth-order valence-corrected chi connectivity index (χ4v) is 4.75. The second kappa shape index (κ2) is 8.95. The van der Waals surface area contributed by atoms with E-state index in [1.807, 2.05) is 37.4 Å². The van der Waals surface area contributed by atoms with Gasteiger partial charge in [-0.1, -0.05) is 36.8 Å². The molecule has 1 aliphatic heterocycles. The maximum atomic E-state index is 13.4. The Balaban J connectivity index is 1.85. The Morgan fingerprint density at radius 2 is 1.78 bits per heavy atom. The number of benzene rings is 1. The van der Waals surface area contributed by atoms with Gasteiger partial charge in [-0.05, 0) is 44.3 Å². The zero-order chi connectivity index (χ0) is 19.3. The third kappa shape index (κ3) is 4.75. The summed E-state index contributed by atoms with van der Waals surface area (Å²) < 4.78 is 0.00234. The van der Waals surface area contributed by atoms with Gasteiger partial charge in [0.15, 0.2) is 0 Å². The molecule has 1 amide bonds. The van der Waals surface area contributed by atoms with Crippen LogP contribution in [0.1, 0.15) is 44.1 Å². The third-order valence-corrected chi connectivity index (χ3v) is 6.24. The van der Waals surface area contributed by atoms with Crippen LogP contribution in [0.4, 0.5) is 0 Å². The summed E-state index contributed by atoms with van der Waals surface area (Å²) in [6.07, 6.45) is 7.06. The molecule has 1 aliphatic carbocycles. The van der Waals surface area contributed by atoms with Gasteiger partial charge < -0.3 is 5.11 Å². The van der Waals surface area contributed by atoms with E-state index in [0.29, 0.717) is 12.5 Å². The first-order valence-corrected chi connectivity index (χ1v) is 10.1. The predicted octanol–water partition coefficient (Wildman–Crippen LogP) is 2.20. The highest BCUT2D eigenvalue weighted by Gasteiger charge is 2.48. The number of carboxylic acids is 1. The van der Waals surface area contributed by atoms with Gasteiger partial charge in [0.25, 0.3) is 0 Å². The van der Waals surface area contributed by atoms with Crippen LogP contribution >= 0.6 is 0 Å². The van der Waals surface area contributed by atoms with E-state index in [2.05, 4.69) is 10.3 Å². The molecule has 3 rings (SSSR count). The van der Waals surface area contributed by atoms with Gasteiger partial charge in [0, 0.05) is 6.42 Å². The van der Waals surface area contributed by atoms with Crippen molar-refractivity contribution in [2.75, 3.05) is 26.7 Å². The molecule has 1 heterocycles. The third-order valence-electron chi connectivity index (χ3n) is 6.24. The molecule has 2 fully saturated rings. The first kappa shape index (κ1) is 20.0. The highest BCUT2D eigenvalue weighted by Crippen LogP contribution is 2.32. The molecule has 6 heteroatoms. The molecule has 0 aromatic heterocycles. The highest BCUT2D eigenvalue weighted by molar-refractivity contribution is 5.73. The Kier molecular flexibility index (Phi) is 6.63. The Hall–Kier alpha value is -1.76. The number of likely N-dealkylation sites (tertiary alicyclic amines) is 1. The summed E-state index contributed by atoms with van der Waals surface area (Å²) >= 11 is 0. The van der Waals surface area contributed by atoms with Gasteiger partial charge in [0.2, 0.25) is 0 Å². The van der Waals surface area contributed by atoms with Crippen molar-refractivity contribution in [3.8, 4) is 0 Å². The van der Waals surface area contributed by atoms with Gasteiger partial charge in [0.1, 0.15) is 12.6 Å². The number of carbonyl (C=O) groups is 2. The van der Waals surface area contributed by atoms with Crippen LogP contribution in [0.5, 0.6) is 0 Å². The monoisotopic (exact) mass is 374 g/mol. The summed E-state index contributed by atoms with van der Waals surface area (Å²) in [5.74, 6) is -0.890. The van der Waals surface area contributed by atoms with E-state index in [0.717, 1.165) is 37.9 Å². The van der Waals surface area contributed by atoms with Crippen LogP contribution in [-0.2, 0) is 16.0 Å².